The number of nitrogens with one attached hydrogen (secondary N) is 1. The Kier molecular flexibility index (Phi) is 3.27. The van der Waals surface area contributed by atoms with Crippen LogP contribution in [0.25, 0.3) is 0 Å². The maximum absolute atomic E-state index is 10.8. The van der Waals surface area contributed by atoms with Gasteiger partial charge in [-0.1, -0.05) is 6.58 Å². The standard InChI is InChI=1S/C7H10N2O4/c1-2-6(10)12-4-3-9-7(11)13-5-8-9/h2,8H,1,3-5H2. The van der Waals surface area contributed by atoms with Crippen molar-refractivity contribution in [2.45, 2.75) is 0 Å². The molecule has 0 unspecified atom stereocenters. The second kappa shape index (κ2) is 4.46. The van der Waals surface area contributed by atoms with E-state index in [0.29, 0.717) is 0 Å². The van der Waals surface area contributed by atoms with Crippen LogP contribution in [0.5, 0.6) is 0 Å². The van der Waals surface area contributed by atoms with Gasteiger partial charge in [0, 0.05) is 6.08 Å². The molecule has 1 heterocycles. The first-order chi connectivity index (χ1) is 6.24. The molecular formula is C7H10N2O4. The molecule has 0 saturated carbocycles. The monoisotopic (exact) mass is 186 g/mol. The Labute approximate surface area is 75.1 Å². The van der Waals surface area contributed by atoms with Crippen LogP contribution in [0.1, 0.15) is 0 Å². The molecule has 1 rings (SSSR count). The van der Waals surface area contributed by atoms with Crippen LogP contribution in [0, 0.1) is 0 Å². The molecule has 0 spiro atoms. The zero-order valence-electron chi connectivity index (χ0n) is 6.99. The molecule has 0 atom stereocenters. The van der Waals surface area contributed by atoms with Gasteiger partial charge in [0.15, 0.2) is 6.73 Å². The van der Waals surface area contributed by atoms with Crippen LogP contribution >= 0.6 is 0 Å². The van der Waals surface area contributed by atoms with Crippen LogP contribution in [-0.4, -0.2) is 37.0 Å². The largest absolute Gasteiger partial charge is 0.461 e. The number of amides is 1. The van der Waals surface area contributed by atoms with Crippen molar-refractivity contribution >= 4 is 12.1 Å². The Morgan fingerprint density at radius 3 is 3.15 bits per heavy atom. The Morgan fingerprint density at radius 2 is 2.62 bits per heavy atom. The molecule has 0 aliphatic carbocycles. The van der Waals surface area contributed by atoms with E-state index < -0.39 is 12.1 Å². The van der Waals surface area contributed by atoms with Crippen molar-refractivity contribution in [1.82, 2.24) is 10.4 Å². The van der Waals surface area contributed by atoms with E-state index >= 15 is 0 Å². The minimum atomic E-state index is -0.507. The summed E-state index contributed by atoms with van der Waals surface area (Å²) >= 11 is 0. The van der Waals surface area contributed by atoms with E-state index in [-0.39, 0.29) is 19.9 Å². The SMILES string of the molecule is C=CC(=O)OCCN1NCOC1=O. The van der Waals surface area contributed by atoms with Gasteiger partial charge in [0.2, 0.25) is 0 Å². The van der Waals surface area contributed by atoms with Crippen LogP contribution < -0.4 is 5.43 Å². The molecule has 1 fully saturated rings. The van der Waals surface area contributed by atoms with Gasteiger partial charge in [0.25, 0.3) is 0 Å². The van der Waals surface area contributed by atoms with E-state index in [1.54, 1.807) is 0 Å². The number of hydrogen-bond acceptors (Lipinski definition) is 5. The number of hydrazine groups is 1. The number of rotatable bonds is 4. The Morgan fingerprint density at radius 1 is 1.85 bits per heavy atom. The number of ether oxygens (including phenoxy) is 2. The molecule has 1 aliphatic rings. The summed E-state index contributed by atoms with van der Waals surface area (Å²) < 4.78 is 9.22. The fourth-order valence-electron chi connectivity index (χ4n) is 0.781. The lowest BCUT2D eigenvalue weighted by atomic mass is 10.6. The van der Waals surface area contributed by atoms with E-state index in [1.807, 2.05) is 0 Å². The van der Waals surface area contributed by atoms with E-state index in [1.165, 1.54) is 5.01 Å². The summed E-state index contributed by atoms with van der Waals surface area (Å²) in [7, 11) is 0. The molecule has 0 bridgehead atoms. The van der Waals surface area contributed by atoms with Gasteiger partial charge < -0.3 is 9.47 Å². The topological polar surface area (TPSA) is 67.9 Å². The summed E-state index contributed by atoms with van der Waals surface area (Å²) in [6.07, 6.45) is 0.602. The highest BCUT2D eigenvalue weighted by atomic mass is 16.6. The summed E-state index contributed by atoms with van der Waals surface area (Å²) in [5.41, 5.74) is 2.64. The highest BCUT2D eigenvalue weighted by molar-refractivity contribution is 5.81. The van der Waals surface area contributed by atoms with Crippen molar-refractivity contribution in [1.29, 1.82) is 0 Å². The smallest absolute Gasteiger partial charge is 0.425 e. The summed E-state index contributed by atoms with van der Waals surface area (Å²) in [5, 5.41) is 1.23. The molecular weight excluding hydrogens is 176 g/mol. The van der Waals surface area contributed by atoms with Crippen molar-refractivity contribution in [2.75, 3.05) is 19.9 Å². The lowest BCUT2D eigenvalue weighted by Crippen LogP contribution is -2.36. The zero-order chi connectivity index (χ0) is 9.68. The van der Waals surface area contributed by atoms with Crippen molar-refractivity contribution < 1.29 is 19.1 Å². The minimum absolute atomic E-state index is 0.118. The quantitative estimate of drug-likeness (QED) is 0.479. The van der Waals surface area contributed by atoms with Crippen molar-refractivity contribution in [3.63, 3.8) is 0 Å². The fourth-order valence-corrected chi connectivity index (χ4v) is 0.781. The third-order valence-electron chi connectivity index (χ3n) is 1.40. The van der Waals surface area contributed by atoms with Gasteiger partial charge in [0.1, 0.15) is 6.61 Å². The van der Waals surface area contributed by atoms with Crippen LogP contribution in [0.15, 0.2) is 12.7 Å². The van der Waals surface area contributed by atoms with Crippen LogP contribution in [0.2, 0.25) is 0 Å². The molecule has 1 saturated heterocycles. The summed E-state index contributed by atoms with van der Waals surface area (Å²) in [4.78, 5) is 21.4. The first kappa shape index (κ1) is 9.53. The Bertz CT molecular complexity index is 229. The number of cyclic esters (lactones) is 1. The maximum Gasteiger partial charge on any atom is 0.425 e. The first-order valence-corrected chi connectivity index (χ1v) is 3.71. The second-order valence-corrected chi connectivity index (χ2v) is 2.24. The van der Waals surface area contributed by atoms with E-state index in [0.717, 1.165) is 6.08 Å². The van der Waals surface area contributed by atoms with Crippen molar-refractivity contribution in [2.24, 2.45) is 0 Å². The van der Waals surface area contributed by atoms with Gasteiger partial charge in [0.05, 0.1) is 6.54 Å². The number of carbonyl (C=O) groups excluding carboxylic acids is 2. The zero-order valence-corrected chi connectivity index (χ0v) is 6.99. The molecule has 0 aromatic rings. The van der Waals surface area contributed by atoms with Gasteiger partial charge in [-0.3, -0.25) is 0 Å². The summed E-state index contributed by atoms with van der Waals surface area (Å²) in [6, 6.07) is 0. The van der Waals surface area contributed by atoms with Crippen molar-refractivity contribution in [3.8, 4) is 0 Å². The number of carbonyl (C=O) groups is 2. The third kappa shape index (κ3) is 2.75. The predicted molar refractivity (Wildman–Crippen MR) is 42.3 cm³/mol. The summed E-state index contributed by atoms with van der Waals surface area (Å²) in [5.74, 6) is -0.507. The molecule has 1 amide bonds. The summed E-state index contributed by atoms with van der Waals surface area (Å²) in [6.45, 7) is 3.77. The van der Waals surface area contributed by atoms with Crippen LogP contribution in [-0.2, 0) is 14.3 Å². The molecule has 13 heavy (non-hydrogen) atoms. The predicted octanol–water partition coefficient (Wildman–Crippen LogP) is -0.370. The Hall–Kier alpha value is -1.56. The number of hydrogen-bond donors (Lipinski definition) is 1. The van der Waals surface area contributed by atoms with E-state index in [4.69, 9.17) is 0 Å². The second-order valence-electron chi connectivity index (χ2n) is 2.24. The molecule has 0 radical (unpaired) electrons. The average molecular weight is 186 g/mol. The molecule has 0 aromatic heterocycles. The number of nitrogens with zero attached hydrogens (tertiary/aromatic N) is 1. The highest BCUT2D eigenvalue weighted by Gasteiger charge is 2.20. The van der Waals surface area contributed by atoms with Crippen molar-refractivity contribution in [3.05, 3.63) is 12.7 Å². The normalized spacial score (nSPS) is 15.4. The van der Waals surface area contributed by atoms with Gasteiger partial charge in [-0.15, -0.1) is 0 Å². The molecule has 1 aliphatic heterocycles. The molecule has 72 valence electrons. The third-order valence-corrected chi connectivity index (χ3v) is 1.40. The molecule has 0 aromatic carbocycles. The lowest BCUT2D eigenvalue weighted by molar-refractivity contribution is -0.138. The Balaban J connectivity index is 2.15. The van der Waals surface area contributed by atoms with E-state index in [2.05, 4.69) is 21.5 Å². The maximum atomic E-state index is 10.8. The van der Waals surface area contributed by atoms with Gasteiger partial charge in [-0.25, -0.2) is 14.6 Å². The molecule has 1 N–H and O–H groups in total. The average Bonchev–Trinajstić information content (AvgIpc) is 2.52. The van der Waals surface area contributed by atoms with Gasteiger partial charge in [-0.2, -0.15) is 5.43 Å². The highest BCUT2D eigenvalue weighted by Crippen LogP contribution is 1.96. The molecule has 6 nitrogen and oxygen atoms in total. The molecule has 6 heteroatoms. The number of esters is 1. The fraction of sp³-hybridized carbons (Fsp3) is 0.429. The minimum Gasteiger partial charge on any atom is -0.461 e. The van der Waals surface area contributed by atoms with Crippen LogP contribution in [0.4, 0.5) is 4.79 Å². The van der Waals surface area contributed by atoms with Crippen LogP contribution in [0.3, 0.4) is 0 Å². The van der Waals surface area contributed by atoms with Gasteiger partial charge >= 0.3 is 12.1 Å². The van der Waals surface area contributed by atoms with E-state index in [9.17, 15) is 9.59 Å². The lowest BCUT2D eigenvalue weighted by Gasteiger charge is -2.11. The first-order valence-electron chi connectivity index (χ1n) is 3.71. The van der Waals surface area contributed by atoms with Gasteiger partial charge in [-0.05, 0) is 0 Å².